The Balaban J connectivity index is 1.77. The number of hydrogen-bond acceptors (Lipinski definition) is 6. The molecule has 0 aromatic heterocycles. The molecule has 2 saturated heterocycles. The van der Waals surface area contributed by atoms with E-state index in [1.54, 1.807) is 0 Å². The third kappa shape index (κ3) is 5.08. The van der Waals surface area contributed by atoms with Crippen molar-refractivity contribution in [3.8, 4) is 0 Å². The van der Waals surface area contributed by atoms with E-state index in [2.05, 4.69) is 4.99 Å². The minimum atomic E-state index is -3.11. The highest BCUT2D eigenvalue weighted by molar-refractivity contribution is 8.15. The molecule has 0 bridgehead atoms. The number of carboxylic acid groups (broad SMARTS) is 1. The number of carboxylic acids is 1. The maximum atomic E-state index is 12.0. The molecule has 0 aliphatic carbocycles. The van der Waals surface area contributed by atoms with Crippen molar-refractivity contribution in [2.75, 3.05) is 24.7 Å². The van der Waals surface area contributed by atoms with E-state index in [0.717, 1.165) is 11.1 Å². The third-order valence-corrected chi connectivity index (χ3v) is 7.57. The highest BCUT2D eigenvalue weighted by Crippen LogP contribution is 2.39. The molecule has 2 aliphatic rings. The number of hydrogen-bond donors (Lipinski definition) is 1. The van der Waals surface area contributed by atoms with Crippen molar-refractivity contribution in [2.24, 2.45) is 4.99 Å². The first-order valence-electron chi connectivity index (χ1n) is 8.34. The van der Waals surface area contributed by atoms with Gasteiger partial charge in [0, 0.05) is 11.8 Å². The summed E-state index contributed by atoms with van der Waals surface area (Å²) < 4.78 is 28.8. The number of aliphatic carboxylic acids is 1. The van der Waals surface area contributed by atoms with Crippen LogP contribution < -0.4 is 0 Å². The van der Waals surface area contributed by atoms with E-state index in [-0.39, 0.29) is 22.8 Å². The monoisotopic (exact) mass is 412 g/mol. The molecule has 10 heteroatoms. The fourth-order valence-electron chi connectivity index (χ4n) is 3.08. The zero-order chi connectivity index (χ0) is 19.6. The predicted molar refractivity (Wildman–Crippen MR) is 101 cm³/mol. The quantitative estimate of drug-likeness (QED) is 0.726. The summed E-state index contributed by atoms with van der Waals surface area (Å²) >= 11 is 1.29. The Morgan fingerprint density at radius 3 is 2.63 bits per heavy atom. The van der Waals surface area contributed by atoms with Crippen LogP contribution in [0.1, 0.15) is 11.1 Å². The number of rotatable bonds is 6. The van der Waals surface area contributed by atoms with Gasteiger partial charge in [-0.05, 0) is 12.5 Å². The SMILES string of the molecule is Cc1ccc(CN2C(=NC(=O)COCC(=O)O)S[C@@H]3CS(=O)(=O)C[C@H]32)cc1. The first-order chi connectivity index (χ1) is 12.7. The molecule has 0 saturated carbocycles. The number of carbonyl (C=O) groups is 2. The van der Waals surface area contributed by atoms with E-state index in [1.807, 2.05) is 36.1 Å². The van der Waals surface area contributed by atoms with E-state index in [9.17, 15) is 18.0 Å². The fourth-order valence-corrected chi connectivity index (χ4v) is 7.04. The van der Waals surface area contributed by atoms with Crippen molar-refractivity contribution in [2.45, 2.75) is 24.8 Å². The highest BCUT2D eigenvalue weighted by Gasteiger charge is 2.48. The van der Waals surface area contributed by atoms with Crippen LogP contribution in [0.15, 0.2) is 29.3 Å². The van der Waals surface area contributed by atoms with Gasteiger partial charge in [0.05, 0.1) is 17.5 Å². The van der Waals surface area contributed by atoms with Gasteiger partial charge in [-0.1, -0.05) is 41.6 Å². The smallest absolute Gasteiger partial charge is 0.329 e. The number of thioether (sulfide) groups is 1. The van der Waals surface area contributed by atoms with Gasteiger partial charge in [0.2, 0.25) is 0 Å². The van der Waals surface area contributed by atoms with Crippen LogP contribution in [0.5, 0.6) is 0 Å². The molecule has 1 amide bonds. The minimum Gasteiger partial charge on any atom is -0.480 e. The van der Waals surface area contributed by atoms with E-state index < -0.39 is 34.9 Å². The summed E-state index contributed by atoms with van der Waals surface area (Å²) in [5.74, 6) is -1.64. The number of amidine groups is 1. The number of nitrogens with zero attached hydrogens (tertiary/aromatic N) is 2. The Morgan fingerprint density at radius 2 is 1.96 bits per heavy atom. The van der Waals surface area contributed by atoms with Crippen LogP contribution in [0.4, 0.5) is 0 Å². The van der Waals surface area contributed by atoms with Crippen LogP contribution >= 0.6 is 11.8 Å². The van der Waals surface area contributed by atoms with Crippen LogP contribution in [-0.4, -0.2) is 71.5 Å². The lowest BCUT2D eigenvalue weighted by molar-refractivity contribution is -0.143. The summed E-state index contributed by atoms with van der Waals surface area (Å²) in [5.41, 5.74) is 2.11. The largest absolute Gasteiger partial charge is 0.480 e. The van der Waals surface area contributed by atoms with Crippen molar-refractivity contribution in [1.82, 2.24) is 4.90 Å². The highest BCUT2D eigenvalue weighted by atomic mass is 32.2. The zero-order valence-corrected chi connectivity index (χ0v) is 16.3. The standard InChI is InChI=1S/C17H20N2O6S2/c1-11-2-4-12(5-3-11)6-19-13-9-27(23,24)10-14(13)26-17(19)18-15(20)7-25-8-16(21)22/h2-5,13-14H,6-10H2,1H3,(H,21,22)/t13-,14-/m1/s1. The second kappa shape index (κ2) is 7.99. The van der Waals surface area contributed by atoms with Crippen LogP contribution in [0, 0.1) is 6.92 Å². The van der Waals surface area contributed by atoms with Gasteiger partial charge in [-0.15, -0.1) is 0 Å². The molecule has 146 valence electrons. The van der Waals surface area contributed by atoms with Gasteiger partial charge in [0.15, 0.2) is 15.0 Å². The summed E-state index contributed by atoms with van der Waals surface area (Å²) in [7, 11) is -3.11. The molecule has 0 spiro atoms. The summed E-state index contributed by atoms with van der Waals surface area (Å²) in [5, 5.41) is 8.86. The third-order valence-electron chi connectivity index (χ3n) is 4.32. The van der Waals surface area contributed by atoms with E-state index in [1.165, 1.54) is 11.8 Å². The molecule has 27 heavy (non-hydrogen) atoms. The molecule has 3 rings (SSSR count). The van der Waals surface area contributed by atoms with Gasteiger partial charge in [0.1, 0.15) is 13.2 Å². The molecule has 0 radical (unpaired) electrons. The maximum absolute atomic E-state index is 12.0. The number of benzene rings is 1. The first-order valence-corrected chi connectivity index (χ1v) is 11.0. The Bertz CT molecular complexity index is 866. The summed E-state index contributed by atoms with van der Waals surface area (Å²) in [6.45, 7) is 1.44. The molecule has 2 heterocycles. The van der Waals surface area contributed by atoms with Gasteiger partial charge in [0.25, 0.3) is 5.91 Å². The molecular weight excluding hydrogens is 392 g/mol. The Labute approximate surface area is 161 Å². The molecular formula is C17H20N2O6S2. The van der Waals surface area contributed by atoms with Crippen molar-refractivity contribution in [3.63, 3.8) is 0 Å². The maximum Gasteiger partial charge on any atom is 0.329 e. The number of carbonyl (C=O) groups excluding carboxylic acids is 1. The van der Waals surface area contributed by atoms with Crippen LogP contribution in [0.3, 0.4) is 0 Å². The van der Waals surface area contributed by atoms with Crippen molar-refractivity contribution < 1.29 is 27.9 Å². The number of fused-ring (bicyclic) bond motifs is 1. The molecule has 1 aromatic carbocycles. The van der Waals surface area contributed by atoms with Crippen molar-refractivity contribution in [1.29, 1.82) is 0 Å². The minimum absolute atomic E-state index is 0.0409. The number of ether oxygens (including phenoxy) is 1. The van der Waals surface area contributed by atoms with E-state index >= 15 is 0 Å². The molecule has 2 atom stereocenters. The van der Waals surface area contributed by atoms with Crippen LogP contribution in [0.25, 0.3) is 0 Å². The van der Waals surface area contributed by atoms with Gasteiger partial charge in [-0.3, -0.25) is 4.79 Å². The second-order valence-electron chi connectivity index (χ2n) is 6.59. The average Bonchev–Trinajstić information content (AvgIpc) is 3.02. The Morgan fingerprint density at radius 1 is 1.26 bits per heavy atom. The summed E-state index contributed by atoms with van der Waals surface area (Å²) in [6, 6.07) is 7.65. The lowest BCUT2D eigenvalue weighted by Gasteiger charge is -2.24. The second-order valence-corrected chi connectivity index (χ2v) is 9.95. The molecule has 0 unspecified atom stereocenters. The van der Waals surface area contributed by atoms with E-state index in [4.69, 9.17) is 9.84 Å². The average molecular weight is 412 g/mol. The molecule has 8 nitrogen and oxygen atoms in total. The van der Waals surface area contributed by atoms with Crippen LogP contribution in [-0.2, 0) is 30.7 Å². The van der Waals surface area contributed by atoms with Gasteiger partial charge < -0.3 is 14.7 Å². The molecule has 2 fully saturated rings. The van der Waals surface area contributed by atoms with Crippen LogP contribution in [0.2, 0.25) is 0 Å². The number of amides is 1. The molecule has 2 aliphatic heterocycles. The number of aryl methyl sites for hydroxylation is 1. The van der Waals surface area contributed by atoms with Gasteiger partial charge >= 0.3 is 5.97 Å². The normalized spacial score (nSPS) is 24.9. The number of aliphatic imine (C=N–C) groups is 1. The predicted octanol–water partition coefficient (Wildman–Crippen LogP) is 0.693. The van der Waals surface area contributed by atoms with Gasteiger partial charge in [-0.25, -0.2) is 13.2 Å². The molecule has 1 aromatic rings. The fraction of sp³-hybridized carbons (Fsp3) is 0.471. The topological polar surface area (TPSA) is 113 Å². The lowest BCUT2D eigenvalue weighted by Crippen LogP contribution is -2.37. The molecule has 1 N–H and O–H groups in total. The first kappa shape index (κ1) is 19.8. The van der Waals surface area contributed by atoms with Crippen molar-refractivity contribution in [3.05, 3.63) is 35.4 Å². The Kier molecular flexibility index (Phi) is 5.87. The Hall–Kier alpha value is -1.91. The number of sulfone groups is 1. The zero-order valence-electron chi connectivity index (χ0n) is 14.7. The van der Waals surface area contributed by atoms with Crippen molar-refractivity contribution >= 4 is 38.6 Å². The lowest BCUT2D eigenvalue weighted by atomic mass is 10.1. The van der Waals surface area contributed by atoms with E-state index in [0.29, 0.717) is 11.7 Å². The summed E-state index contributed by atoms with van der Waals surface area (Å²) in [6.07, 6.45) is 0. The van der Waals surface area contributed by atoms with Gasteiger partial charge in [-0.2, -0.15) is 4.99 Å². The summed E-state index contributed by atoms with van der Waals surface area (Å²) in [4.78, 5) is 28.4.